The van der Waals surface area contributed by atoms with E-state index in [9.17, 15) is 33.9 Å². The minimum atomic E-state index is -2.48. The minimum Gasteiger partial charge on any atom is -0.486 e. The van der Waals surface area contributed by atoms with Gasteiger partial charge in [0.15, 0.2) is 17.3 Å². The number of aliphatic hydroxyl groups excluding tert-OH is 1. The predicted molar refractivity (Wildman–Crippen MR) is 212 cm³/mol. The molecule has 3 N–H and O–H groups in total. The maximum atomic E-state index is 14.2. The number of amides is 3. The van der Waals surface area contributed by atoms with Gasteiger partial charge in [0.1, 0.15) is 30.6 Å². The molecule has 1 saturated heterocycles. The molecule has 316 valence electrons. The van der Waals surface area contributed by atoms with E-state index in [0.29, 0.717) is 5.56 Å². The molecular weight excluding hydrogens is 813 g/mol. The molecule has 0 unspecified atom stereocenters. The van der Waals surface area contributed by atoms with Gasteiger partial charge in [-0.1, -0.05) is 83.9 Å². The number of carbonyl (C=O) groups is 6. The van der Waals surface area contributed by atoms with E-state index in [2.05, 4.69) is 10.6 Å². The molecule has 59 heavy (non-hydrogen) atoms. The van der Waals surface area contributed by atoms with Crippen molar-refractivity contribution >= 4 is 59.2 Å². The molecule has 18 heteroatoms. The number of likely N-dealkylation sites (tertiary alicyclic amines) is 1. The molecule has 0 aliphatic carbocycles. The van der Waals surface area contributed by atoms with Crippen molar-refractivity contribution in [1.29, 1.82) is 0 Å². The number of nitrogens with zero attached hydrogens (tertiary/aromatic N) is 1. The third-order valence-corrected chi connectivity index (χ3v) is 9.52. The highest BCUT2D eigenvalue weighted by Gasteiger charge is 2.63. The normalized spacial score (nSPS) is 17.5. The number of rotatable bonds is 14. The topological polar surface area (TPSA) is 205 Å². The molecule has 4 rings (SSSR count). The summed E-state index contributed by atoms with van der Waals surface area (Å²) in [5, 5.41) is 16.7. The van der Waals surface area contributed by atoms with Gasteiger partial charge in [0, 0.05) is 5.56 Å². The van der Waals surface area contributed by atoms with Crippen molar-refractivity contribution in [2.45, 2.75) is 76.2 Å². The van der Waals surface area contributed by atoms with Gasteiger partial charge in [0.05, 0.1) is 37.4 Å². The molecule has 16 nitrogen and oxygen atoms in total. The van der Waals surface area contributed by atoms with Crippen molar-refractivity contribution in [3.05, 3.63) is 111 Å². The van der Waals surface area contributed by atoms with E-state index >= 15 is 0 Å². The summed E-state index contributed by atoms with van der Waals surface area (Å²) in [6.07, 6.45) is -4.15. The summed E-state index contributed by atoms with van der Waals surface area (Å²) in [4.78, 5) is 81.9. The van der Waals surface area contributed by atoms with Crippen molar-refractivity contribution < 1.29 is 62.3 Å². The summed E-state index contributed by atoms with van der Waals surface area (Å²) in [5.74, 6) is -4.28. The highest BCUT2D eigenvalue weighted by molar-refractivity contribution is 6.37. The monoisotopic (exact) mass is 857 g/mol. The van der Waals surface area contributed by atoms with Gasteiger partial charge in [-0.15, -0.1) is 0 Å². The lowest BCUT2D eigenvalue weighted by atomic mass is 9.84. The number of esters is 3. The summed E-state index contributed by atoms with van der Waals surface area (Å²) >= 11 is 12.9. The van der Waals surface area contributed by atoms with Crippen LogP contribution >= 0.6 is 23.2 Å². The Morgan fingerprint density at radius 1 is 0.881 bits per heavy atom. The number of halogens is 2. The number of nitrogens with one attached hydrogen (secondary N) is 2. The third-order valence-electron chi connectivity index (χ3n) is 8.96. The van der Waals surface area contributed by atoms with Crippen molar-refractivity contribution in [1.82, 2.24) is 15.5 Å². The van der Waals surface area contributed by atoms with E-state index in [4.69, 9.17) is 51.6 Å². The fraction of sp³-hybridized carbons (Fsp3) is 0.366. The van der Waals surface area contributed by atoms with E-state index < -0.39 is 77.4 Å². The average molecular weight is 859 g/mol. The largest absolute Gasteiger partial charge is 0.486 e. The first-order valence-corrected chi connectivity index (χ1v) is 18.8. The van der Waals surface area contributed by atoms with Gasteiger partial charge >= 0.3 is 30.1 Å². The molecule has 3 amide bonds. The van der Waals surface area contributed by atoms with Crippen LogP contribution in [-0.2, 0) is 51.3 Å². The third kappa shape index (κ3) is 11.4. The van der Waals surface area contributed by atoms with Gasteiger partial charge in [-0.2, -0.15) is 0 Å². The molecule has 4 atom stereocenters. The Morgan fingerprint density at radius 3 is 1.98 bits per heavy atom. The molecule has 3 aromatic carbocycles. The van der Waals surface area contributed by atoms with Crippen LogP contribution < -0.4 is 15.4 Å². The Labute approximate surface area is 350 Å². The average Bonchev–Trinajstić information content (AvgIpc) is 3.60. The second-order valence-electron chi connectivity index (χ2n) is 14.1. The number of alkyl carbamates (subject to hydrolysis) is 1. The van der Waals surface area contributed by atoms with E-state index in [1.165, 1.54) is 32.9 Å². The van der Waals surface area contributed by atoms with Gasteiger partial charge in [-0.25, -0.2) is 24.0 Å². The maximum absolute atomic E-state index is 14.2. The number of ether oxygens (including phenoxy) is 6. The van der Waals surface area contributed by atoms with Crippen molar-refractivity contribution in [2.75, 3.05) is 21.3 Å². The van der Waals surface area contributed by atoms with Crippen LogP contribution in [0.5, 0.6) is 5.75 Å². The quantitative estimate of drug-likeness (QED) is 0.104. The smallest absolute Gasteiger partial charge is 0.411 e. The molecular formula is C41H45Cl2N3O13. The van der Waals surface area contributed by atoms with Gasteiger partial charge in [0.25, 0.3) is 5.91 Å². The minimum absolute atomic E-state index is 0.0105. The first kappa shape index (κ1) is 45.9. The van der Waals surface area contributed by atoms with Crippen LogP contribution in [0.25, 0.3) is 0 Å². The highest BCUT2D eigenvalue weighted by atomic mass is 35.5. The molecule has 3 aromatic rings. The van der Waals surface area contributed by atoms with Crippen molar-refractivity contribution in [3.63, 3.8) is 0 Å². The molecule has 0 spiro atoms. The standard InChI is InChI=1S/C41H45Cl2N3O13/c1-40(2,3)59-39(53)46-27(17-18-41(46,37(51)56-6)33(47)31(36(50)55-5)45-38(52)58-23-25-15-11-8-12-16-25)21-30(35(49)54-4)44-34(48)26-19-28(42)32(29(43)20-26)57-22-24-13-9-7-10-14-24/h7-16,19-21,27,31,33,47H,17-18,22-23H2,1-6H3,(H,44,48)(H,45,52)/b30-21+/t27-,31-,33+,41-/m1/s1. The van der Waals surface area contributed by atoms with Gasteiger partial charge < -0.3 is 44.2 Å². The molecule has 1 aliphatic heterocycles. The second-order valence-corrected chi connectivity index (χ2v) is 14.9. The van der Waals surface area contributed by atoms with Crippen LogP contribution in [0.15, 0.2) is 84.6 Å². The molecule has 1 heterocycles. The number of methoxy groups -OCH3 is 3. The van der Waals surface area contributed by atoms with Crippen LogP contribution in [0.1, 0.15) is 55.1 Å². The van der Waals surface area contributed by atoms with E-state index in [0.717, 1.165) is 37.9 Å². The van der Waals surface area contributed by atoms with E-state index in [1.54, 1.807) is 30.3 Å². The van der Waals surface area contributed by atoms with E-state index in [-0.39, 0.29) is 41.0 Å². The Morgan fingerprint density at radius 2 is 1.46 bits per heavy atom. The first-order chi connectivity index (χ1) is 27.9. The molecule has 0 saturated carbocycles. The Kier molecular flexibility index (Phi) is 15.7. The second kappa shape index (κ2) is 20.2. The van der Waals surface area contributed by atoms with E-state index in [1.807, 2.05) is 30.3 Å². The Hall–Kier alpha value is -5.84. The van der Waals surface area contributed by atoms with Gasteiger partial charge in [-0.3, -0.25) is 9.69 Å². The Bertz CT molecular complexity index is 2020. The summed E-state index contributed by atoms with van der Waals surface area (Å²) < 4.78 is 31.6. The van der Waals surface area contributed by atoms with Crippen LogP contribution in [0.4, 0.5) is 9.59 Å². The highest BCUT2D eigenvalue weighted by Crippen LogP contribution is 2.42. The van der Waals surface area contributed by atoms with Crippen LogP contribution in [0.2, 0.25) is 10.0 Å². The number of hydrogen-bond donors (Lipinski definition) is 3. The zero-order valence-electron chi connectivity index (χ0n) is 33.1. The number of carbonyl (C=O) groups excluding carboxylic acids is 6. The lowest BCUT2D eigenvalue weighted by Crippen LogP contribution is -2.69. The van der Waals surface area contributed by atoms with Crippen molar-refractivity contribution in [2.24, 2.45) is 0 Å². The molecule has 0 bridgehead atoms. The Balaban J connectivity index is 1.71. The summed E-state index contributed by atoms with van der Waals surface area (Å²) in [7, 11) is 3.00. The number of benzene rings is 3. The lowest BCUT2D eigenvalue weighted by molar-refractivity contribution is -0.167. The fourth-order valence-electron chi connectivity index (χ4n) is 6.25. The first-order valence-electron chi connectivity index (χ1n) is 18.1. The number of aliphatic hydroxyl groups is 1. The SMILES string of the molecule is COC(=O)/C(=C\[C@H]1CC[C@](C(=O)OC)([C@@H](O)[C@@H](NC(=O)OCc2ccccc2)C(=O)OC)N1C(=O)OC(C)(C)C)NC(=O)c1cc(Cl)c(OCc2ccccc2)c(Cl)c1. The molecule has 1 aliphatic rings. The lowest BCUT2D eigenvalue weighted by Gasteiger charge is -2.43. The maximum Gasteiger partial charge on any atom is 0.411 e. The van der Waals surface area contributed by atoms with Crippen LogP contribution in [0.3, 0.4) is 0 Å². The predicted octanol–water partition coefficient (Wildman–Crippen LogP) is 5.50. The van der Waals surface area contributed by atoms with Crippen molar-refractivity contribution in [3.8, 4) is 5.75 Å². The van der Waals surface area contributed by atoms with Crippen LogP contribution in [-0.4, -0.2) is 96.7 Å². The summed E-state index contributed by atoms with van der Waals surface area (Å²) in [6, 6.07) is 16.9. The summed E-state index contributed by atoms with van der Waals surface area (Å²) in [5.41, 5.74) is -2.82. The molecule has 1 fully saturated rings. The molecule has 0 radical (unpaired) electrons. The zero-order valence-corrected chi connectivity index (χ0v) is 34.6. The fourth-order valence-corrected chi connectivity index (χ4v) is 6.84. The van der Waals surface area contributed by atoms with Gasteiger partial charge in [-0.05, 0) is 62.9 Å². The molecule has 0 aromatic heterocycles. The summed E-state index contributed by atoms with van der Waals surface area (Å²) in [6.45, 7) is 4.53. The zero-order chi connectivity index (χ0) is 43.5. The number of hydrogen-bond acceptors (Lipinski definition) is 13. The van der Waals surface area contributed by atoms with Crippen LogP contribution in [0, 0.1) is 0 Å². The van der Waals surface area contributed by atoms with Gasteiger partial charge in [0.2, 0.25) is 0 Å².